The molecule has 76 valence electrons. The Morgan fingerprint density at radius 2 is 1.69 bits per heavy atom. The maximum absolute atomic E-state index is 2.82. The van der Waals surface area contributed by atoms with E-state index in [0.29, 0.717) is 0 Å². The van der Waals surface area contributed by atoms with E-state index in [2.05, 4.69) is 18.7 Å². The van der Waals surface area contributed by atoms with Gasteiger partial charge in [0.15, 0.2) is 0 Å². The number of piperidine rings is 2. The molecule has 3 aliphatic rings. The van der Waals surface area contributed by atoms with Gasteiger partial charge in [-0.3, -0.25) is 4.90 Å². The highest BCUT2D eigenvalue weighted by molar-refractivity contribution is 4.90. The van der Waals surface area contributed by atoms with Gasteiger partial charge >= 0.3 is 0 Å². The van der Waals surface area contributed by atoms with Gasteiger partial charge in [0.2, 0.25) is 0 Å². The molecule has 2 aliphatic heterocycles. The van der Waals surface area contributed by atoms with Crippen molar-refractivity contribution in [3.63, 3.8) is 0 Å². The number of hydrogen-bond acceptors (Lipinski definition) is 1. The number of fused-ring (bicyclic) bond motifs is 3. The SMILES string of the molecule is CCC(CC)N1C[C@H]2CC[C@@H]1CC2. The average Bonchev–Trinajstić information content (AvgIpc) is 2.22. The third-order valence-electron chi connectivity index (χ3n) is 4.17. The van der Waals surface area contributed by atoms with Gasteiger partial charge in [-0.2, -0.15) is 0 Å². The fraction of sp³-hybridized carbons (Fsp3) is 1.00. The van der Waals surface area contributed by atoms with Crippen LogP contribution >= 0.6 is 0 Å². The summed E-state index contributed by atoms with van der Waals surface area (Å²) in [4.78, 5) is 2.82. The predicted octanol–water partition coefficient (Wildman–Crippen LogP) is 3.05. The van der Waals surface area contributed by atoms with Crippen LogP contribution in [0.3, 0.4) is 0 Å². The molecule has 0 amide bonds. The van der Waals surface area contributed by atoms with Gasteiger partial charge < -0.3 is 0 Å². The molecule has 0 spiro atoms. The van der Waals surface area contributed by atoms with E-state index in [1.807, 2.05) is 0 Å². The Bertz CT molecular complexity index is 153. The minimum atomic E-state index is 0.882. The van der Waals surface area contributed by atoms with Crippen LogP contribution in [0.2, 0.25) is 0 Å². The molecule has 0 aromatic heterocycles. The molecule has 1 nitrogen and oxygen atoms in total. The first-order chi connectivity index (χ1) is 6.35. The second-order valence-corrected chi connectivity index (χ2v) is 4.84. The van der Waals surface area contributed by atoms with Crippen molar-refractivity contribution >= 4 is 0 Å². The van der Waals surface area contributed by atoms with E-state index in [-0.39, 0.29) is 0 Å². The second-order valence-electron chi connectivity index (χ2n) is 4.84. The predicted molar refractivity (Wildman–Crippen MR) is 56.8 cm³/mol. The summed E-state index contributed by atoms with van der Waals surface area (Å²) in [6, 6.07) is 1.84. The summed E-state index contributed by atoms with van der Waals surface area (Å²) >= 11 is 0. The quantitative estimate of drug-likeness (QED) is 0.647. The van der Waals surface area contributed by atoms with Crippen molar-refractivity contribution in [2.75, 3.05) is 6.54 Å². The summed E-state index contributed by atoms with van der Waals surface area (Å²) in [6.07, 6.45) is 8.70. The fourth-order valence-corrected chi connectivity index (χ4v) is 3.31. The lowest BCUT2D eigenvalue weighted by atomic mass is 9.79. The van der Waals surface area contributed by atoms with E-state index in [1.54, 1.807) is 0 Å². The molecule has 0 atom stereocenters. The van der Waals surface area contributed by atoms with E-state index in [1.165, 1.54) is 45.1 Å². The number of nitrogens with zero attached hydrogens (tertiary/aromatic N) is 1. The molecule has 2 heterocycles. The first-order valence-corrected chi connectivity index (χ1v) is 6.10. The zero-order valence-corrected chi connectivity index (χ0v) is 9.13. The third kappa shape index (κ3) is 1.76. The lowest BCUT2D eigenvalue weighted by molar-refractivity contribution is 0.0111. The highest BCUT2D eigenvalue weighted by Crippen LogP contribution is 2.36. The Kier molecular flexibility index (Phi) is 2.92. The molecule has 1 heteroatoms. The smallest absolute Gasteiger partial charge is 0.00985 e. The molecule has 0 unspecified atom stereocenters. The van der Waals surface area contributed by atoms with Crippen LogP contribution in [0.1, 0.15) is 52.4 Å². The van der Waals surface area contributed by atoms with E-state index >= 15 is 0 Å². The standard InChI is InChI=1S/C12H23N/c1-3-11(4-2)13-9-10-5-7-12(13)8-6-10/h10-12H,3-9H2,1-2H3/t10-,12+. The van der Waals surface area contributed by atoms with Crippen molar-refractivity contribution in [1.82, 2.24) is 4.90 Å². The lowest BCUT2D eigenvalue weighted by Crippen LogP contribution is -2.52. The van der Waals surface area contributed by atoms with Crippen molar-refractivity contribution in [2.45, 2.75) is 64.5 Å². The topological polar surface area (TPSA) is 3.24 Å². The second kappa shape index (κ2) is 4.00. The van der Waals surface area contributed by atoms with Gasteiger partial charge in [0.05, 0.1) is 0 Å². The minimum absolute atomic E-state index is 0.882. The van der Waals surface area contributed by atoms with Crippen LogP contribution < -0.4 is 0 Å². The summed E-state index contributed by atoms with van der Waals surface area (Å²) in [5.74, 6) is 1.05. The van der Waals surface area contributed by atoms with Crippen LogP contribution in [-0.2, 0) is 0 Å². The van der Waals surface area contributed by atoms with Gasteiger partial charge in [0.25, 0.3) is 0 Å². The highest BCUT2D eigenvalue weighted by atomic mass is 15.2. The molecule has 1 saturated carbocycles. The van der Waals surface area contributed by atoms with Gasteiger partial charge in [0, 0.05) is 18.6 Å². The van der Waals surface area contributed by atoms with Gasteiger partial charge in [-0.15, -0.1) is 0 Å². The summed E-state index contributed by atoms with van der Waals surface area (Å²) in [5, 5.41) is 0. The molecule has 13 heavy (non-hydrogen) atoms. The Morgan fingerprint density at radius 1 is 1.08 bits per heavy atom. The van der Waals surface area contributed by atoms with E-state index in [4.69, 9.17) is 0 Å². The zero-order chi connectivity index (χ0) is 9.26. The molecular weight excluding hydrogens is 158 g/mol. The molecule has 3 fully saturated rings. The molecule has 0 N–H and O–H groups in total. The summed E-state index contributed by atoms with van der Waals surface area (Å²) < 4.78 is 0. The maximum atomic E-state index is 2.82. The molecule has 0 aromatic carbocycles. The Labute approximate surface area is 82.5 Å². The van der Waals surface area contributed by atoms with Crippen molar-refractivity contribution < 1.29 is 0 Å². The monoisotopic (exact) mass is 181 g/mol. The normalized spacial score (nSPS) is 34.4. The highest BCUT2D eigenvalue weighted by Gasteiger charge is 2.35. The summed E-state index contributed by atoms with van der Waals surface area (Å²) in [5.41, 5.74) is 0. The molecule has 2 bridgehead atoms. The molecule has 0 aromatic rings. The van der Waals surface area contributed by atoms with Crippen LogP contribution in [0.5, 0.6) is 0 Å². The first-order valence-electron chi connectivity index (χ1n) is 6.10. The van der Waals surface area contributed by atoms with E-state index in [9.17, 15) is 0 Å². The molecule has 0 radical (unpaired) electrons. The largest absolute Gasteiger partial charge is 0.297 e. The summed E-state index contributed by atoms with van der Waals surface area (Å²) in [6.45, 7) is 6.10. The van der Waals surface area contributed by atoms with Crippen molar-refractivity contribution in [2.24, 2.45) is 5.92 Å². The van der Waals surface area contributed by atoms with Gasteiger partial charge in [0.1, 0.15) is 0 Å². The van der Waals surface area contributed by atoms with Crippen LogP contribution in [-0.4, -0.2) is 23.5 Å². The Hall–Kier alpha value is -0.0400. The Balaban J connectivity index is 1.99. The molecule has 3 rings (SSSR count). The van der Waals surface area contributed by atoms with Crippen LogP contribution in [0.4, 0.5) is 0 Å². The van der Waals surface area contributed by atoms with Crippen molar-refractivity contribution in [3.05, 3.63) is 0 Å². The van der Waals surface area contributed by atoms with E-state index in [0.717, 1.165) is 18.0 Å². The number of rotatable bonds is 3. The van der Waals surface area contributed by atoms with E-state index < -0.39 is 0 Å². The van der Waals surface area contributed by atoms with Gasteiger partial charge in [-0.25, -0.2) is 0 Å². The number of hydrogen-bond donors (Lipinski definition) is 0. The van der Waals surface area contributed by atoms with Crippen LogP contribution in [0, 0.1) is 5.92 Å². The fourth-order valence-electron chi connectivity index (χ4n) is 3.31. The molecule has 2 saturated heterocycles. The first kappa shape index (κ1) is 9.51. The van der Waals surface area contributed by atoms with Gasteiger partial charge in [-0.1, -0.05) is 13.8 Å². The van der Waals surface area contributed by atoms with Crippen LogP contribution in [0.15, 0.2) is 0 Å². The third-order valence-corrected chi connectivity index (χ3v) is 4.17. The van der Waals surface area contributed by atoms with Crippen LogP contribution in [0.25, 0.3) is 0 Å². The Morgan fingerprint density at radius 3 is 2.08 bits per heavy atom. The molecule has 1 aliphatic carbocycles. The van der Waals surface area contributed by atoms with Gasteiger partial charge in [-0.05, 0) is 44.4 Å². The lowest BCUT2D eigenvalue weighted by Gasteiger charge is -2.48. The maximum Gasteiger partial charge on any atom is 0.00985 e. The molecular formula is C12H23N. The zero-order valence-electron chi connectivity index (χ0n) is 9.13. The average molecular weight is 181 g/mol. The van der Waals surface area contributed by atoms with Crippen molar-refractivity contribution in [1.29, 1.82) is 0 Å². The minimum Gasteiger partial charge on any atom is -0.297 e. The van der Waals surface area contributed by atoms with Crippen molar-refractivity contribution in [3.8, 4) is 0 Å². The summed E-state index contributed by atoms with van der Waals surface area (Å²) in [7, 11) is 0.